The molecule has 0 unspecified atom stereocenters. The van der Waals surface area contributed by atoms with Crippen molar-refractivity contribution in [2.45, 2.75) is 33.2 Å². The summed E-state index contributed by atoms with van der Waals surface area (Å²) in [6.45, 7) is 5.37. The molecular formula is C40H44N6O6S2. The summed E-state index contributed by atoms with van der Waals surface area (Å²) in [5.74, 6) is 1.60. The number of benzene rings is 4. The molecule has 0 spiro atoms. The van der Waals surface area contributed by atoms with E-state index < -0.39 is 20.2 Å². The lowest BCUT2D eigenvalue weighted by Crippen LogP contribution is -2.33. The summed E-state index contributed by atoms with van der Waals surface area (Å²) >= 11 is 0. The van der Waals surface area contributed by atoms with Gasteiger partial charge in [-0.05, 0) is 92.9 Å². The third kappa shape index (κ3) is 7.89. The molecule has 1 aliphatic rings. The van der Waals surface area contributed by atoms with Crippen LogP contribution in [0.25, 0.3) is 44.3 Å². The summed E-state index contributed by atoms with van der Waals surface area (Å²) < 4.78 is 70.1. The van der Waals surface area contributed by atoms with Gasteiger partial charge in [-0.3, -0.25) is 9.44 Å². The Morgan fingerprint density at radius 3 is 2.09 bits per heavy atom. The maximum atomic E-state index is 12.7. The van der Waals surface area contributed by atoms with Gasteiger partial charge in [-0.1, -0.05) is 24.3 Å². The van der Waals surface area contributed by atoms with Gasteiger partial charge in [0.15, 0.2) is 0 Å². The SMILES string of the molecule is CCS(=O)(=O)Nc1ccc(-c2cc3cc(OC)ccc3n2C)cc1.CCn1c(-c2cccc(NS(=O)(=O)N3CCCC3)c2)c(C#N)c2ccc(OC)cc21. The van der Waals surface area contributed by atoms with Gasteiger partial charge in [-0.25, -0.2) is 8.42 Å². The fraction of sp³-hybridized carbons (Fsp3) is 0.275. The van der Waals surface area contributed by atoms with Crippen LogP contribution in [0.4, 0.5) is 11.4 Å². The molecule has 0 aliphatic carbocycles. The van der Waals surface area contributed by atoms with E-state index in [0.29, 0.717) is 36.6 Å². The predicted molar refractivity (Wildman–Crippen MR) is 216 cm³/mol. The molecule has 0 radical (unpaired) electrons. The molecule has 3 heterocycles. The van der Waals surface area contributed by atoms with Crippen LogP contribution >= 0.6 is 0 Å². The van der Waals surface area contributed by atoms with Crippen molar-refractivity contribution in [3.8, 4) is 40.1 Å². The van der Waals surface area contributed by atoms with Crippen molar-refractivity contribution in [1.82, 2.24) is 13.4 Å². The molecule has 4 aromatic carbocycles. The van der Waals surface area contributed by atoms with Crippen LogP contribution in [0, 0.1) is 11.3 Å². The molecule has 7 rings (SSSR count). The lowest BCUT2D eigenvalue weighted by atomic mass is 10.1. The number of hydrogen-bond acceptors (Lipinski definition) is 7. The molecule has 0 saturated carbocycles. The van der Waals surface area contributed by atoms with Gasteiger partial charge in [0.25, 0.3) is 0 Å². The van der Waals surface area contributed by atoms with Crippen LogP contribution in [0.1, 0.15) is 32.3 Å². The van der Waals surface area contributed by atoms with E-state index in [2.05, 4.69) is 30.7 Å². The maximum absolute atomic E-state index is 12.7. The average molecular weight is 769 g/mol. The smallest absolute Gasteiger partial charge is 0.301 e. The molecule has 2 aromatic heterocycles. The Kier molecular flexibility index (Phi) is 11.2. The molecule has 54 heavy (non-hydrogen) atoms. The highest BCUT2D eigenvalue weighted by Gasteiger charge is 2.26. The first kappa shape index (κ1) is 38.2. The van der Waals surface area contributed by atoms with Gasteiger partial charge in [0.2, 0.25) is 10.0 Å². The van der Waals surface area contributed by atoms with Gasteiger partial charge in [0, 0.05) is 66.0 Å². The zero-order valence-electron chi connectivity index (χ0n) is 31.0. The van der Waals surface area contributed by atoms with Crippen molar-refractivity contribution < 1.29 is 26.3 Å². The van der Waals surface area contributed by atoms with Gasteiger partial charge in [-0.2, -0.15) is 18.0 Å². The molecule has 6 aromatic rings. The van der Waals surface area contributed by atoms with Crippen LogP contribution in [0.3, 0.4) is 0 Å². The van der Waals surface area contributed by atoms with Crippen molar-refractivity contribution >= 4 is 53.4 Å². The molecule has 282 valence electrons. The van der Waals surface area contributed by atoms with Crippen LogP contribution in [0.15, 0.2) is 91.0 Å². The molecule has 0 atom stereocenters. The Hall–Kier alpha value is -5.49. The molecule has 2 N–H and O–H groups in total. The summed E-state index contributed by atoms with van der Waals surface area (Å²) in [4.78, 5) is 0. The number of aryl methyl sites for hydroxylation is 2. The number of nitrogens with one attached hydrogen (secondary N) is 2. The van der Waals surface area contributed by atoms with E-state index in [1.807, 2.05) is 68.6 Å². The molecular weight excluding hydrogens is 725 g/mol. The molecule has 1 fully saturated rings. The Bertz CT molecular complexity index is 2570. The number of rotatable bonds is 11. The molecule has 14 heteroatoms. The van der Waals surface area contributed by atoms with E-state index in [-0.39, 0.29) is 5.75 Å². The fourth-order valence-corrected chi connectivity index (χ4v) is 8.69. The van der Waals surface area contributed by atoms with E-state index in [4.69, 9.17) is 9.47 Å². The van der Waals surface area contributed by atoms with E-state index in [1.54, 1.807) is 51.5 Å². The van der Waals surface area contributed by atoms with Crippen molar-refractivity contribution in [2.75, 3.05) is 42.5 Å². The van der Waals surface area contributed by atoms with Crippen molar-refractivity contribution in [1.29, 1.82) is 5.26 Å². The van der Waals surface area contributed by atoms with Crippen molar-refractivity contribution in [3.63, 3.8) is 0 Å². The zero-order valence-corrected chi connectivity index (χ0v) is 32.6. The normalized spacial score (nSPS) is 13.3. The van der Waals surface area contributed by atoms with Gasteiger partial charge >= 0.3 is 10.2 Å². The van der Waals surface area contributed by atoms with Crippen LogP contribution < -0.4 is 18.9 Å². The number of nitriles is 1. The largest absolute Gasteiger partial charge is 0.497 e. The number of methoxy groups -OCH3 is 2. The Morgan fingerprint density at radius 1 is 0.759 bits per heavy atom. The minimum absolute atomic E-state index is 0.0553. The van der Waals surface area contributed by atoms with Crippen molar-refractivity contribution in [2.24, 2.45) is 7.05 Å². The highest BCUT2D eigenvalue weighted by atomic mass is 32.2. The lowest BCUT2D eigenvalue weighted by Gasteiger charge is -2.17. The Morgan fingerprint density at radius 2 is 1.44 bits per heavy atom. The highest BCUT2D eigenvalue weighted by Crippen LogP contribution is 2.36. The predicted octanol–water partition coefficient (Wildman–Crippen LogP) is 7.58. The number of anilines is 2. The summed E-state index contributed by atoms with van der Waals surface area (Å²) in [5, 5.41) is 11.8. The van der Waals surface area contributed by atoms with Gasteiger partial charge in [-0.15, -0.1) is 0 Å². The molecule has 1 aliphatic heterocycles. The van der Waals surface area contributed by atoms with Gasteiger partial charge in [0.05, 0.1) is 42.4 Å². The summed E-state index contributed by atoms with van der Waals surface area (Å²) in [6, 6.07) is 30.7. The van der Waals surface area contributed by atoms with E-state index >= 15 is 0 Å². The Balaban J connectivity index is 0.000000189. The molecule has 12 nitrogen and oxygen atoms in total. The molecule has 1 saturated heterocycles. The first-order valence-corrected chi connectivity index (χ1v) is 20.7. The minimum Gasteiger partial charge on any atom is -0.497 e. The quantitative estimate of drug-likeness (QED) is 0.138. The second-order valence-electron chi connectivity index (χ2n) is 12.9. The number of hydrogen-bond donors (Lipinski definition) is 2. The summed E-state index contributed by atoms with van der Waals surface area (Å²) in [5.41, 5.74) is 7.27. The van der Waals surface area contributed by atoms with Crippen LogP contribution in [0.5, 0.6) is 11.5 Å². The fourth-order valence-electron chi connectivity index (χ4n) is 6.76. The summed E-state index contributed by atoms with van der Waals surface area (Å²) in [7, 11) is -1.56. The van der Waals surface area contributed by atoms with Gasteiger partial charge in [0.1, 0.15) is 17.6 Å². The standard InChI is InChI=1S/C22H24N4O3S.C18H20N2O3S/c1-3-26-21-14-18(29-2)9-10-19(21)20(15-23)22(26)16-7-6-8-17(13-16)24-30(27,28)25-11-4-5-12-25;1-4-24(21,22)19-15-7-5-13(6-8-15)18-12-14-11-16(23-3)9-10-17(14)20(18)2/h6-10,13-14,24H,3-5,11-12H2,1-2H3;5-12,19H,4H2,1-3H3. The van der Waals surface area contributed by atoms with E-state index in [9.17, 15) is 22.1 Å². The topological polar surface area (TPSA) is 148 Å². The van der Waals surface area contributed by atoms with E-state index in [1.165, 1.54) is 4.31 Å². The molecule has 0 bridgehead atoms. The second-order valence-corrected chi connectivity index (χ2v) is 16.5. The van der Waals surface area contributed by atoms with Crippen LogP contribution in [-0.2, 0) is 33.8 Å². The maximum Gasteiger partial charge on any atom is 0.301 e. The van der Waals surface area contributed by atoms with Crippen LogP contribution in [-0.4, -0.2) is 63.3 Å². The second kappa shape index (κ2) is 15.9. The van der Waals surface area contributed by atoms with Crippen LogP contribution in [0.2, 0.25) is 0 Å². The minimum atomic E-state index is -3.58. The average Bonchev–Trinajstić information content (AvgIpc) is 3.92. The third-order valence-electron chi connectivity index (χ3n) is 9.57. The summed E-state index contributed by atoms with van der Waals surface area (Å²) in [6.07, 6.45) is 1.76. The van der Waals surface area contributed by atoms with Gasteiger partial charge < -0.3 is 18.6 Å². The van der Waals surface area contributed by atoms with E-state index in [0.717, 1.165) is 68.7 Å². The first-order valence-electron chi connectivity index (χ1n) is 17.6. The Labute approximate surface area is 316 Å². The highest BCUT2D eigenvalue weighted by molar-refractivity contribution is 7.92. The number of sulfonamides is 1. The number of ether oxygens (including phenoxy) is 2. The third-order valence-corrected chi connectivity index (χ3v) is 12.4. The molecule has 0 amide bonds. The monoisotopic (exact) mass is 768 g/mol. The first-order chi connectivity index (χ1) is 25.9. The van der Waals surface area contributed by atoms with Crippen molar-refractivity contribution in [3.05, 3.63) is 96.6 Å². The number of fused-ring (bicyclic) bond motifs is 2. The lowest BCUT2D eigenvalue weighted by molar-refractivity contribution is 0.415. The number of aromatic nitrogens is 2. The number of nitrogens with zero attached hydrogens (tertiary/aromatic N) is 4. The zero-order chi connectivity index (χ0) is 38.6.